The van der Waals surface area contributed by atoms with Gasteiger partial charge in [0.1, 0.15) is 6.61 Å². The third-order valence-electron chi connectivity index (χ3n) is 3.11. The molecule has 0 aromatic heterocycles. The summed E-state index contributed by atoms with van der Waals surface area (Å²) in [6.45, 7) is -0.309. The van der Waals surface area contributed by atoms with Crippen molar-refractivity contribution >= 4 is 0 Å². The van der Waals surface area contributed by atoms with Crippen LogP contribution in [-0.4, -0.2) is 25.9 Å². The normalized spacial score (nSPS) is 20.0. The Morgan fingerprint density at radius 3 is 2.33 bits per heavy atom. The first kappa shape index (κ1) is 12.8. The highest BCUT2D eigenvalue weighted by molar-refractivity contribution is 4.88. The first-order valence-electron chi connectivity index (χ1n) is 5.32. The summed E-state index contributed by atoms with van der Waals surface area (Å²) in [6.07, 6.45) is 0.781. The summed E-state index contributed by atoms with van der Waals surface area (Å²) < 4.78 is 39.7. The quantitative estimate of drug-likeness (QED) is 0.705. The Morgan fingerprint density at radius 1 is 1.27 bits per heavy atom. The van der Waals surface area contributed by atoms with Gasteiger partial charge in [-0.25, -0.2) is 0 Å². The van der Waals surface area contributed by atoms with Crippen molar-refractivity contribution in [3.63, 3.8) is 0 Å². The highest BCUT2D eigenvalue weighted by atomic mass is 19.4. The van der Waals surface area contributed by atoms with Crippen LogP contribution in [0, 0.1) is 5.41 Å². The predicted octanol–water partition coefficient (Wildman–Crippen LogP) is 2.47. The summed E-state index contributed by atoms with van der Waals surface area (Å²) in [7, 11) is 0. The van der Waals surface area contributed by atoms with Gasteiger partial charge in [-0.2, -0.15) is 13.2 Å². The minimum Gasteiger partial charge on any atom is -0.372 e. The van der Waals surface area contributed by atoms with Gasteiger partial charge in [0.05, 0.1) is 0 Å². The molecular formula is C10H18F3NO. The fraction of sp³-hybridized carbons (Fsp3) is 1.00. The molecule has 0 amide bonds. The molecule has 1 aliphatic carbocycles. The highest BCUT2D eigenvalue weighted by Crippen LogP contribution is 2.43. The molecule has 0 aromatic rings. The van der Waals surface area contributed by atoms with Gasteiger partial charge in [0.25, 0.3) is 0 Å². The van der Waals surface area contributed by atoms with Crippen LogP contribution in [-0.2, 0) is 4.74 Å². The fourth-order valence-corrected chi connectivity index (χ4v) is 1.97. The second kappa shape index (κ2) is 5.16. The monoisotopic (exact) mass is 225 g/mol. The Bertz CT molecular complexity index is 184. The maximum absolute atomic E-state index is 11.7. The van der Waals surface area contributed by atoms with E-state index in [0.29, 0.717) is 13.0 Å². The van der Waals surface area contributed by atoms with Gasteiger partial charge in [-0.3, -0.25) is 0 Å². The van der Waals surface area contributed by atoms with E-state index in [0.717, 1.165) is 19.3 Å². The van der Waals surface area contributed by atoms with Crippen molar-refractivity contribution < 1.29 is 17.9 Å². The molecular weight excluding hydrogens is 207 g/mol. The molecule has 0 aliphatic heterocycles. The van der Waals surface area contributed by atoms with E-state index in [-0.39, 0.29) is 12.0 Å². The van der Waals surface area contributed by atoms with Crippen LogP contribution in [0.5, 0.6) is 0 Å². The van der Waals surface area contributed by atoms with Crippen LogP contribution in [0.1, 0.15) is 32.1 Å². The second-order valence-corrected chi connectivity index (χ2v) is 4.33. The number of alkyl halides is 3. The van der Waals surface area contributed by atoms with E-state index in [1.807, 2.05) is 0 Å². The summed E-state index contributed by atoms with van der Waals surface area (Å²) in [5.74, 6) is 0. The minimum atomic E-state index is -4.21. The van der Waals surface area contributed by atoms with Crippen LogP contribution in [0.2, 0.25) is 0 Å². The lowest BCUT2D eigenvalue weighted by Gasteiger charge is -2.41. The lowest BCUT2D eigenvalue weighted by molar-refractivity contribution is -0.174. The summed E-state index contributed by atoms with van der Waals surface area (Å²) in [5.41, 5.74) is 5.84. The summed E-state index contributed by atoms with van der Waals surface area (Å²) in [5, 5.41) is 0. The maximum Gasteiger partial charge on any atom is 0.411 e. The molecule has 15 heavy (non-hydrogen) atoms. The van der Waals surface area contributed by atoms with Crippen LogP contribution in [0.3, 0.4) is 0 Å². The molecule has 0 saturated heterocycles. The standard InChI is InChI=1S/C10H18F3NO/c11-10(12,13)8-15-6-2-5-9(7-14)3-1-4-9/h1-8,14H2. The summed E-state index contributed by atoms with van der Waals surface area (Å²) >= 11 is 0. The van der Waals surface area contributed by atoms with Crippen molar-refractivity contribution in [1.82, 2.24) is 0 Å². The zero-order chi connectivity index (χ0) is 11.4. The number of hydrogen-bond acceptors (Lipinski definition) is 2. The first-order valence-corrected chi connectivity index (χ1v) is 5.32. The number of hydrogen-bond donors (Lipinski definition) is 1. The number of halogens is 3. The van der Waals surface area contributed by atoms with Gasteiger partial charge < -0.3 is 10.5 Å². The van der Waals surface area contributed by atoms with Crippen molar-refractivity contribution in [2.45, 2.75) is 38.3 Å². The average Bonchev–Trinajstić information content (AvgIpc) is 2.06. The van der Waals surface area contributed by atoms with E-state index >= 15 is 0 Å². The Kier molecular flexibility index (Phi) is 4.40. The Labute approximate surface area is 88.0 Å². The molecule has 0 heterocycles. The molecule has 2 N–H and O–H groups in total. The molecule has 1 rings (SSSR count). The third kappa shape index (κ3) is 4.38. The molecule has 0 aromatic carbocycles. The lowest BCUT2D eigenvalue weighted by atomic mass is 9.66. The molecule has 0 atom stereocenters. The SMILES string of the molecule is NCC1(CCCOCC(F)(F)F)CCC1. The fourth-order valence-electron chi connectivity index (χ4n) is 1.97. The van der Waals surface area contributed by atoms with Crippen LogP contribution < -0.4 is 5.73 Å². The minimum absolute atomic E-state index is 0.182. The van der Waals surface area contributed by atoms with Crippen molar-refractivity contribution in [2.24, 2.45) is 11.1 Å². The number of ether oxygens (including phenoxy) is 1. The largest absolute Gasteiger partial charge is 0.411 e. The van der Waals surface area contributed by atoms with Gasteiger partial charge >= 0.3 is 6.18 Å². The molecule has 1 aliphatic rings. The van der Waals surface area contributed by atoms with Gasteiger partial charge in [0, 0.05) is 6.61 Å². The van der Waals surface area contributed by atoms with Gasteiger partial charge in [0.15, 0.2) is 0 Å². The van der Waals surface area contributed by atoms with Gasteiger partial charge in [0.2, 0.25) is 0 Å². The molecule has 2 nitrogen and oxygen atoms in total. The second-order valence-electron chi connectivity index (χ2n) is 4.33. The topological polar surface area (TPSA) is 35.2 Å². The molecule has 1 saturated carbocycles. The van der Waals surface area contributed by atoms with E-state index < -0.39 is 12.8 Å². The van der Waals surface area contributed by atoms with Crippen LogP contribution in [0.25, 0.3) is 0 Å². The van der Waals surface area contributed by atoms with Crippen molar-refractivity contribution in [3.05, 3.63) is 0 Å². The molecule has 0 radical (unpaired) electrons. The van der Waals surface area contributed by atoms with Crippen LogP contribution in [0.15, 0.2) is 0 Å². The smallest absolute Gasteiger partial charge is 0.372 e. The first-order chi connectivity index (χ1) is 6.97. The third-order valence-corrected chi connectivity index (χ3v) is 3.11. The van der Waals surface area contributed by atoms with Gasteiger partial charge in [-0.1, -0.05) is 6.42 Å². The van der Waals surface area contributed by atoms with E-state index in [1.165, 1.54) is 6.42 Å². The Morgan fingerprint density at radius 2 is 1.93 bits per heavy atom. The molecule has 90 valence electrons. The van der Waals surface area contributed by atoms with Crippen molar-refractivity contribution in [2.75, 3.05) is 19.8 Å². The Balaban J connectivity index is 2.02. The predicted molar refractivity (Wildman–Crippen MR) is 51.4 cm³/mol. The summed E-state index contributed by atoms with van der Waals surface area (Å²) in [4.78, 5) is 0. The van der Waals surface area contributed by atoms with E-state index in [2.05, 4.69) is 4.74 Å². The highest BCUT2D eigenvalue weighted by Gasteiger charge is 2.34. The molecule has 5 heteroatoms. The molecule has 0 bridgehead atoms. The Hall–Kier alpha value is -0.290. The van der Waals surface area contributed by atoms with Gasteiger partial charge in [-0.05, 0) is 37.6 Å². The van der Waals surface area contributed by atoms with E-state index in [4.69, 9.17) is 5.73 Å². The van der Waals surface area contributed by atoms with Crippen LogP contribution in [0.4, 0.5) is 13.2 Å². The van der Waals surface area contributed by atoms with E-state index in [1.54, 1.807) is 0 Å². The maximum atomic E-state index is 11.7. The van der Waals surface area contributed by atoms with Gasteiger partial charge in [-0.15, -0.1) is 0 Å². The average molecular weight is 225 g/mol. The molecule has 0 unspecified atom stereocenters. The summed E-state index contributed by atoms with van der Waals surface area (Å²) in [6, 6.07) is 0. The number of rotatable bonds is 6. The van der Waals surface area contributed by atoms with Crippen molar-refractivity contribution in [1.29, 1.82) is 0 Å². The molecule has 1 fully saturated rings. The van der Waals surface area contributed by atoms with Crippen LogP contribution >= 0.6 is 0 Å². The zero-order valence-corrected chi connectivity index (χ0v) is 8.78. The lowest BCUT2D eigenvalue weighted by Crippen LogP contribution is -2.37. The molecule has 0 spiro atoms. The van der Waals surface area contributed by atoms with Crippen molar-refractivity contribution in [3.8, 4) is 0 Å². The zero-order valence-electron chi connectivity index (χ0n) is 8.78. The van der Waals surface area contributed by atoms with E-state index in [9.17, 15) is 13.2 Å². The number of nitrogens with two attached hydrogens (primary N) is 1.